The van der Waals surface area contributed by atoms with Crippen molar-refractivity contribution in [1.82, 2.24) is 0 Å². The van der Waals surface area contributed by atoms with Gasteiger partial charge in [-0.05, 0) is 41.5 Å². The Hall–Kier alpha value is -3.02. The Morgan fingerprint density at radius 2 is 1.44 bits per heavy atom. The summed E-state index contributed by atoms with van der Waals surface area (Å²) < 4.78 is 0. The van der Waals surface area contributed by atoms with E-state index in [2.05, 4.69) is 10.6 Å². The van der Waals surface area contributed by atoms with E-state index >= 15 is 0 Å². The van der Waals surface area contributed by atoms with E-state index in [4.69, 9.17) is 23.2 Å². The second-order valence-corrected chi connectivity index (χ2v) is 6.54. The highest BCUT2D eigenvalue weighted by Gasteiger charge is 2.14. The molecule has 0 atom stereocenters. The second-order valence-electron chi connectivity index (χ2n) is 5.67. The maximum absolute atomic E-state index is 12.2. The Balaban J connectivity index is 1.83. The molecular formula is C20H14Cl2N2O3. The average Bonchev–Trinajstić information content (AvgIpc) is 2.61. The van der Waals surface area contributed by atoms with E-state index in [0.717, 1.165) is 11.1 Å². The van der Waals surface area contributed by atoms with Gasteiger partial charge in [-0.15, -0.1) is 0 Å². The van der Waals surface area contributed by atoms with Crippen LogP contribution in [0.15, 0.2) is 66.7 Å². The van der Waals surface area contributed by atoms with Crippen molar-refractivity contribution >= 4 is 46.6 Å². The van der Waals surface area contributed by atoms with Gasteiger partial charge in [0, 0.05) is 15.7 Å². The van der Waals surface area contributed by atoms with E-state index in [-0.39, 0.29) is 11.3 Å². The number of hydrogen-bond donors (Lipinski definition) is 3. The van der Waals surface area contributed by atoms with E-state index < -0.39 is 12.0 Å². The average molecular weight is 401 g/mol. The first-order valence-electron chi connectivity index (χ1n) is 7.89. The van der Waals surface area contributed by atoms with Crippen LogP contribution in [0.2, 0.25) is 10.0 Å². The zero-order valence-corrected chi connectivity index (χ0v) is 15.4. The zero-order chi connectivity index (χ0) is 19.4. The molecule has 0 aromatic heterocycles. The van der Waals surface area contributed by atoms with Crippen molar-refractivity contribution < 1.29 is 14.7 Å². The van der Waals surface area contributed by atoms with Crippen molar-refractivity contribution in [2.75, 3.05) is 10.6 Å². The van der Waals surface area contributed by atoms with Crippen molar-refractivity contribution in [2.45, 2.75) is 0 Å². The summed E-state index contributed by atoms with van der Waals surface area (Å²) in [5.74, 6) is -1.14. The summed E-state index contributed by atoms with van der Waals surface area (Å²) in [6, 6.07) is 18.2. The number of carboxylic acids is 1. The molecule has 0 saturated heterocycles. The van der Waals surface area contributed by atoms with Gasteiger partial charge in [0.25, 0.3) is 0 Å². The second kappa shape index (κ2) is 8.12. The SMILES string of the molecule is O=C(Nc1cc(Cl)cc(Cl)c1)Nc1ccc(-c2ccccc2)cc1C(=O)O. The summed E-state index contributed by atoms with van der Waals surface area (Å²) in [4.78, 5) is 23.9. The first-order chi connectivity index (χ1) is 12.9. The van der Waals surface area contributed by atoms with Gasteiger partial charge in [0.2, 0.25) is 0 Å². The Kier molecular flexibility index (Phi) is 5.64. The molecule has 0 aliphatic carbocycles. The minimum atomic E-state index is -1.14. The van der Waals surface area contributed by atoms with Crippen molar-refractivity contribution in [3.8, 4) is 11.1 Å². The summed E-state index contributed by atoms with van der Waals surface area (Å²) in [5, 5.41) is 15.4. The number of benzene rings is 3. The molecular weight excluding hydrogens is 387 g/mol. The highest BCUT2D eigenvalue weighted by atomic mass is 35.5. The molecule has 3 aromatic carbocycles. The van der Waals surface area contributed by atoms with Gasteiger partial charge in [-0.2, -0.15) is 0 Å². The molecule has 0 unspecified atom stereocenters. The molecule has 3 N–H and O–H groups in total. The number of carbonyl (C=O) groups excluding carboxylic acids is 1. The lowest BCUT2D eigenvalue weighted by atomic mass is 10.0. The lowest BCUT2D eigenvalue weighted by molar-refractivity contribution is 0.0698. The Bertz CT molecular complexity index is 987. The lowest BCUT2D eigenvalue weighted by Crippen LogP contribution is -2.21. The van der Waals surface area contributed by atoms with Gasteiger partial charge in [-0.25, -0.2) is 9.59 Å². The Labute approximate surface area is 165 Å². The molecule has 0 bridgehead atoms. The molecule has 3 rings (SSSR count). The van der Waals surface area contributed by atoms with Crippen LogP contribution in [0.1, 0.15) is 10.4 Å². The van der Waals surface area contributed by atoms with Crippen LogP contribution in [0, 0.1) is 0 Å². The van der Waals surface area contributed by atoms with Gasteiger partial charge in [0.05, 0.1) is 11.3 Å². The number of amides is 2. The number of urea groups is 1. The minimum absolute atomic E-state index is 0.0179. The van der Waals surface area contributed by atoms with E-state index in [1.54, 1.807) is 12.1 Å². The van der Waals surface area contributed by atoms with E-state index in [1.165, 1.54) is 24.3 Å². The third kappa shape index (κ3) is 4.78. The van der Waals surface area contributed by atoms with E-state index in [1.807, 2.05) is 30.3 Å². The minimum Gasteiger partial charge on any atom is -0.478 e. The summed E-state index contributed by atoms with van der Waals surface area (Å²) in [7, 11) is 0. The number of nitrogens with one attached hydrogen (secondary N) is 2. The number of anilines is 2. The lowest BCUT2D eigenvalue weighted by Gasteiger charge is -2.12. The number of aromatic carboxylic acids is 1. The standard InChI is InChI=1S/C20H14Cl2N2O3/c21-14-9-15(22)11-16(10-14)23-20(27)24-18-7-6-13(8-17(18)19(25)26)12-4-2-1-3-5-12/h1-11H,(H,25,26)(H2,23,24,27). The summed E-state index contributed by atoms with van der Waals surface area (Å²) in [5.41, 5.74) is 2.16. The number of hydrogen-bond acceptors (Lipinski definition) is 2. The topological polar surface area (TPSA) is 78.4 Å². The highest BCUT2D eigenvalue weighted by molar-refractivity contribution is 6.35. The molecule has 27 heavy (non-hydrogen) atoms. The first kappa shape index (κ1) is 18.8. The van der Waals surface area contributed by atoms with Gasteiger partial charge in [0.15, 0.2) is 0 Å². The van der Waals surface area contributed by atoms with Gasteiger partial charge < -0.3 is 15.7 Å². The van der Waals surface area contributed by atoms with Crippen LogP contribution in [0.4, 0.5) is 16.2 Å². The van der Waals surface area contributed by atoms with Crippen molar-refractivity contribution in [3.63, 3.8) is 0 Å². The zero-order valence-electron chi connectivity index (χ0n) is 13.9. The fourth-order valence-corrected chi connectivity index (χ4v) is 3.08. The normalized spacial score (nSPS) is 10.3. The predicted octanol–water partition coefficient (Wildman–Crippen LogP) is 6.00. The van der Waals surface area contributed by atoms with E-state index in [0.29, 0.717) is 15.7 Å². The van der Waals surface area contributed by atoms with Crippen molar-refractivity contribution in [1.29, 1.82) is 0 Å². The number of carboxylic acid groups (broad SMARTS) is 1. The molecule has 0 radical (unpaired) electrons. The molecule has 0 aliphatic rings. The third-order valence-corrected chi connectivity index (χ3v) is 4.16. The quantitative estimate of drug-likeness (QED) is 0.502. The molecule has 0 fully saturated rings. The Morgan fingerprint density at radius 1 is 0.778 bits per heavy atom. The Morgan fingerprint density at radius 3 is 2.07 bits per heavy atom. The van der Waals surface area contributed by atoms with E-state index in [9.17, 15) is 14.7 Å². The van der Waals surface area contributed by atoms with Crippen LogP contribution in [-0.4, -0.2) is 17.1 Å². The molecule has 7 heteroatoms. The number of rotatable bonds is 4. The molecule has 0 aliphatic heterocycles. The molecule has 2 amide bonds. The predicted molar refractivity (Wildman–Crippen MR) is 108 cm³/mol. The van der Waals surface area contributed by atoms with Crippen LogP contribution in [0.3, 0.4) is 0 Å². The van der Waals surface area contributed by atoms with Gasteiger partial charge in [-0.3, -0.25) is 0 Å². The van der Waals surface area contributed by atoms with Crippen LogP contribution in [0.25, 0.3) is 11.1 Å². The molecule has 0 heterocycles. The maximum Gasteiger partial charge on any atom is 0.337 e. The molecule has 136 valence electrons. The van der Waals surface area contributed by atoms with Crippen molar-refractivity contribution in [2.24, 2.45) is 0 Å². The summed E-state index contributed by atoms with van der Waals surface area (Å²) in [6.45, 7) is 0. The maximum atomic E-state index is 12.2. The van der Waals surface area contributed by atoms with Gasteiger partial charge in [0.1, 0.15) is 0 Å². The first-order valence-corrected chi connectivity index (χ1v) is 8.65. The molecule has 0 spiro atoms. The molecule has 0 saturated carbocycles. The molecule has 5 nitrogen and oxygen atoms in total. The fourth-order valence-electron chi connectivity index (χ4n) is 2.55. The number of halogens is 2. The van der Waals surface area contributed by atoms with Crippen LogP contribution >= 0.6 is 23.2 Å². The summed E-state index contributed by atoms with van der Waals surface area (Å²) in [6.07, 6.45) is 0. The summed E-state index contributed by atoms with van der Waals surface area (Å²) >= 11 is 11.8. The third-order valence-electron chi connectivity index (χ3n) is 3.73. The van der Waals surface area contributed by atoms with Crippen LogP contribution < -0.4 is 10.6 Å². The fraction of sp³-hybridized carbons (Fsp3) is 0. The van der Waals surface area contributed by atoms with Crippen LogP contribution in [-0.2, 0) is 0 Å². The number of carbonyl (C=O) groups is 2. The monoisotopic (exact) mass is 400 g/mol. The molecule has 3 aromatic rings. The van der Waals surface area contributed by atoms with Gasteiger partial charge in [-0.1, -0.05) is 59.6 Å². The van der Waals surface area contributed by atoms with Crippen molar-refractivity contribution in [3.05, 3.63) is 82.3 Å². The smallest absolute Gasteiger partial charge is 0.337 e. The van der Waals surface area contributed by atoms with Crippen LogP contribution in [0.5, 0.6) is 0 Å². The largest absolute Gasteiger partial charge is 0.478 e. The highest BCUT2D eigenvalue weighted by Crippen LogP contribution is 2.26. The van der Waals surface area contributed by atoms with Gasteiger partial charge >= 0.3 is 12.0 Å².